The van der Waals surface area contributed by atoms with E-state index in [1.54, 1.807) is 7.05 Å². The lowest BCUT2D eigenvalue weighted by Crippen LogP contribution is -2.45. The molecule has 0 saturated carbocycles. The first-order valence-electron chi connectivity index (χ1n) is 6.76. The van der Waals surface area contributed by atoms with Gasteiger partial charge in [0.1, 0.15) is 0 Å². The summed E-state index contributed by atoms with van der Waals surface area (Å²) in [7, 11) is 5.22. The highest BCUT2D eigenvalue weighted by Gasteiger charge is 2.17. The lowest BCUT2D eigenvalue weighted by molar-refractivity contribution is -0.0182. The Kier molecular flexibility index (Phi) is 4.74. The van der Waals surface area contributed by atoms with Gasteiger partial charge in [0.05, 0.1) is 12.7 Å². The average Bonchev–Trinajstić information content (AvgIpc) is 2.42. The van der Waals surface area contributed by atoms with Gasteiger partial charge in [-0.15, -0.1) is 0 Å². The number of hydrogen-bond donors (Lipinski definition) is 1. The van der Waals surface area contributed by atoms with E-state index in [1.165, 1.54) is 17.7 Å². The molecule has 1 aliphatic heterocycles. The zero-order valence-electron chi connectivity index (χ0n) is 12.3. The number of aromatic nitrogens is 2. The quantitative estimate of drug-likeness (QED) is 0.728. The number of rotatable bonds is 4. The third kappa shape index (κ3) is 3.36. The molecule has 1 atom stereocenters. The fraction of sp³-hybridized carbons (Fsp3) is 0.692. The van der Waals surface area contributed by atoms with Crippen LogP contribution in [0.2, 0.25) is 0 Å². The van der Waals surface area contributed by atoms with E-state index in [1.807, 2.05) is 0 Å². The molecular weight excluding hydrogens is 260 g/mol. The van der Waals surface area contributed by atoms with Gasteiger partial charge in [-0.3, -0.25) is 13.9 Å². The number of morpholine rings is 1. The van der Waals surface area contributed by atoms with E-state index in [0.29, 0.717) is 18.8 Å². The van der Waals surface area contributed by atoms with Crippen molar-refractivity contribution in [1.82, 2.24) is 19.4 Å². The SMILES string of the molecule is CN1CCO[C@@H](CNCc2cc(=O)n(C)c(=O)n2C)C1. The van der Waals surface area contributed by atoms with Gasteiger partial charge in [-0.1, -0.05) is 0 Å². The zero-order valence-corrected chi connectivity index (χ0v) is 12.3. The molecule has 0 aromatic carbocycles. The second-order valence-corrected chi connectivity index (χ2v) is 5.26. The minimum Gasteiger partial charge on any atom is -0.374 e. The minimum absolute atomic E-state index is 0.150. The van der Waals surface area contributed by atoms with Crippen LogP contribution < -0.4 is 16.6 Å². The fourth-order valence-corrected chi connectivity index (χ4v) is 2.30. The Hall–Kier alpha value is -1.44. The molecule has 112 valence electrons. The molecule has 1 N–H and O–H groups in total. The molecule has 2 heterocycles. The van der Waals surface area contributed by atoms with E-state index in [2.05, 4.69) is 17.3 Å². The van der Waals surface area contributed by atoms with Crippen LogP contribution in [-0.4, -0.2) is 53.4 Å². The predicted octanol–water partition coefficient (Wildman–Crippen LogP) is -1.50. The van der Waals surface area contributed by atoms with E-state index in [4.69, 9.17) is 4.74 Å². The predicted molar refractivity (Wildman–Crippen MR) is 75.9 cm³/mol. The molecule has 1 aliphatic rings. The summed E-state index contributed by atoms with van der Waals surface area (Å²) in [5, 5.41) is 3.25. The summed E-state index contributed by atoms with van der Waals surface area (Å²) in [6.45, 7) is 3.77. The van der Waals surface area contributed by atoms with Gasteiger partial charge in [-0.25, -0.2) is 4.79 Å². The molecular formula is C13H22N4O3. The van der Waals surface area contributed by atoms with E-state index >= 15 is 0 Å². The maximum atomic E-state index is 11.8. The minimum atomic E-state index is -0.303. The second-order valence-electron chi connectivity index (χ2n) is 5.26. The van der Waals surface area contributed by atoms with Gasteiger partial charge in [0.15, 0.2) is 0 Å². The highest BCUT2D eigenvalue weighted by Crippen LogP contribution is 2.01. The molecule has 1 aromatic rings. The fourth-order valence-electron chi connectivity index (χ4n) is 2.30. The largest absolute Gasteiger partial charge is 0.374 e. The van der Waals surface area contributed by atoms with Gasteiger partial charge in [0, 0.05) is 52.0 Å². The topological polar surface area (TPSA) is 68.5 Å². The smallest absolute Gasteiger partial charge is 0.330 e. The second kappa shape index (κ2) is 6.34. The number of hydrogen-bond acceptors (Lipinski definition) is 5. The Labute approximate surface area is 117 Å². The number of nitrogens with one attached hydrogen (secondary N) is 1. The van der Waals surface area contributed by atoms with Gasteiger partial charge in [-0.2, -0.15) is 0 Å². The first-order valence-corrected chi connectivity index (χ1v) is 6.76. The third-order valence-electron chi connectivity index (χ3n) is 3.65. The summed E-state index contributed by atoms with van der Waals surface area (Å²) in [5.41, 5.74) is 0.101. The first-order chi connectivity index (χ1) is 9.49. The van der Waals surface area contributed by atoms with Crippen LogP contribution in [0, 0.1) is 0 Å². The van der Waals surface area contributed by atoms with E-state index in [9.17, 15) is 9.59 Å². The van der Waals surface area contributed by atoms with Crippen molar-refractivity contribution < 1.29 is 4.74 Å². The Morgan fingerprint density at radius 3 is 2.75 bits per heavy atom. The Morgan fingerprint density at radius 2 is 2.05 bits per heavy atom. The maximum Gasteiger partial charge on any atom is 0.330 e. The molecule has 7 heteroatoms. The van der Waals surface area contributed by atoms with Crippen molar-refractivity contribution in [2.45, 2.75) is 12.6 Å². The Morgan fingerprint density at radius 1 is 1.30 bits per heavy atom. The molecule has 1 saturated heterocycles. The maximum absolute atomic E-state index is 11.8. The van der Waals surface area contributed by atoms with Crippen LogP contribution in [0.15, 0.2) is 15.7 Å². The average molecular weight is 282 g/mol. The van der Waals surface area contributed by atoms with Crippen molar-refractivity contribution in [2.75, 3.05) is 33.3 Å². The summed E-state index contributed by atoms with van der Waals surface area (Å²) < 4.78 is 8.23. The monoisotopic (exact) mass is 282 g/mol. The van der Waals surface area contributed by atoms with Gasteiger partial charge >= 0.3 is 5.69 Å². The van der Waals surface area contributed by atoms with E-state index in [-0.39, 0.29) is 17.4 Å². The summed E-state index contributed by atoms with van der Waals surface area (Å²) in [6, 6.07) is 1.49. The van der Waals surface area contributed by atoms with Gasteiger partial charge in [-0.05, 0) is 7.05 Å². The van der Waals surface area contributed by atoms with Gasteiger partial charge in [0.25, 0.3) is 5.56 Å². The lowest BCUT2D eigenvalue weighted by atomic mass is 10.2. The molecule has 20 heavy (non-hydrogen) atoms. The molecule has 2 rings (SSSR count). The third-order valence-corrected chi connectivity index (χ3v) is 3.65. The molecule has 0 unspecified atom stereocenters. The summed E-state index contributed by atoms with van der Waals surface area (Å²) in [4.78, 5) is 25.6. The highest BCUT2D eigenvalue weighted by atomic mass is 16.5. The Balaban J connectivity index is 1.95. The lowest BCUT2D eigenvalue weighted by Gasteiger charge is -2.30. The highest BCUT2D eigenvalue weighted by molar-refractivity contribution is 5.01. The van der Waals surface area contributed by atoms with Gasteiger partial charge < -0.3 is 15.0 Å². The summed E-state index contributed by atoms with van der Waals surface area (Å²) in [5.74, 6) is 0. The van der Waals surface area contributed by atoms with Crippen molar-refractivity contribution >= 4 is 0 Å². The normalized spacial score (nSPS) is 20.2. The van der Waals surface area contributed by atoms with Crippen LogP contribution in [0.4, 0.5) is 0 Å². The summed E-state index contributed by atoms with van der Waals surface area (Å²) in [6.07, 6.45) is 0.150. The van der Waals surface area contributed by atoms with Crippen molar-refractivity contribution in [3.05, 3.63) is 32.6 Å². The summed E-state index contributed by atoms with van der Waals surface area (Å²) >= 11 is 0. The van der Waals surface area contributed by atoms with Crippen LogP contribution in [0.3, 0.4) is 0 Å². The molecule has 0 radical (unpaired) electrons. The number of likely N-dealkylation sites (N-methyl/N-ethyl adjacent to an activating group) is 1. The molecule has 0 bridgehead atoms. The zero-order chi connectivity index (χ0) is 14.7. The van der Waals surface area contributed by atoms with E-state index < -0.39 is 0 Å². The van der Waals surface area contributed by atoms with Crippen molar-refractivity contribution in [3.63, 3.8) is 0 Å². The van der Waals surface area contributed by atoms with Crippen LogP contribution in [-0.2, 0) is 25.4 Å². The van der Waals surface area contributed by atoms with Crippen LogP contribution in [0.25, 0.3) is 0 Å². The molecule has 0 spiro atoms. The molecule has 1 aromatic heterocycles. The van der Waals surface area contributed by atoms with E-state index in [0.717, 1.165) is 24.3 Å². The van der Waals surface area contributed by atoms with Crippen LogP contribution in [0.5, 0.6) is 0 Å². The first kappa shape index (κ1) is 15.0. The van der Waals surface area contributed by atoms with Crippen molar-refractivity contribution in [1.29, 1.82) is 0 Å². The number of nitrogens with zero attached hydrogens (tertiary/aromatic N) is 3. The molecule has 0 aliphatic carbocycles. The standard InChI is InChI=1S/C13H22N4O3/c1-15-4-5-20-11(9-15)8-14-7-10-6-12(18)17(3)13(19)16(10)2/h6,11,14H,4-5,7-9H2,1-3H3/t11-/m0/s1. The molecule has 0 amide bonds. The molecule has 1 fully saturated rings. The van der Waals surface area contributed by atoms with Crippen molar-refractivity contribution in [2.24, 2.45) is 14.1 Å². The molecule has 7 nitrogen and oxygen atoms in total. The van der Waals surface area contributed by atoms with Crippen LogP contribution >= 0.6 is 0 Å². The number of ether oxygens (including phenoxy) is 1. The Bertz CT molecular complexity index is 578. The van der Waals surface area contributed by atoms with Crippen LogP contribution in [0.1, 0.15) is 5.69 Å². The van der Waals surface area contributed by atoms with Gasteiger partial charge in [0.2, 0.25) is 0 Å². The van der Waals surface area contributed by atoms with Crippen molar-refractivity contribution in [3.8, 4) is 0 Å².